The van der Waals surface area contributed by atoms with Crippen molar-refractivity contribution in [2.75, 3.05) is 6.61 Å². The van der Waals surface area contributed by atoms with Crippen LogP contribution in [0, 0.1) is 5.92 Å². The molecule has 0 radical (unpaired) electrons. The number of aromatic amines is 1. The van der Waals surface area contributed by atoms with Crippen molar-refractivity contribution in [2.24, 2.45) is 13.0 Å². The van der Waals surface area contributed by atoms with Crippen LogP contribution in [0.2, 0.25) is 0 Å². The van der Waals surface area contributed by atoms with Crippen LogP contribution < -0.4 is 20.9 Å². The van der Waals surface area contributed by atoms with Gasteiger partial charge in [0.1, 0.15) is 18.0 Å². The fourth-order valence-electron chi connectivity index (χ4n) is 4.19. The second-order valence-corrected chi connectivity index (χ2v) is 10.7. The number of hydrogen-bond acceptors (Lipinski definition) is 8. The molecule has 1 aromatic carbocycles. The number of rotatable bonds is 10. The van der Waals surface area contributed by atoms with Crippen LogP contribution in [0.15, 0.2) is 52.3 Å². The van der Waals surface area contributed by atoms with Crippen molar-refractivity contribution in [2.45, 2.75) is 58.6 Å². The Morgan fingerprint density at radius 1 is 1.22 bits per heavy atom. The largest absolute Gasteiger partial charge is 0.462 e. The molecule has 12 heteroatoms. The summed E-state index contributed by atoms with van der Waals surface area (Å²) in [4.78, 5) is 38.3. The second kappa shape index (κ2) is 11.6. The van der Waals surface area contributed by atoms with Crippen LogP contribution >= 0.6 is 8.53 Å². The first-order valence-corrected chi connectivity index (χ1v) is 13.4. The monoisotopic (exact) mass is 532 g/mol. The molecular weight excluding hydrogens is 499 g/mol. The molecule has 0 bridgehead atoms. The Balaban J connectivity index is 1.45. The lowest BCUT2D eigenvalue weighted by Gasteiger charge is -2.24. The number of H-pyrrole nitrogens is 1. The van der Waals surface area contributed by atoms with E-state index in [9.17, 15) is 14.4 Å². The fourth-order valence-corrected chi connectivity index (χ4v) is 5.40. The van der Waals surface area contributed by atoms with E-state index in [1.54, 1.807) is 20.8 Å². The number of aryl methyl sites for hydroxylation is 1. The molecule has 5 atom stereocenters. The van der Waals surface area contributed by atoms with Gasteiger partial charge >= 0.3 is 20.2 Å². The van der Waals surface area contributed by atoms with Crippen LogP contribution in [0.25, 0.3) is 10.9 Å². The summed E-state index contributed by atoms with van der Waals surface area (Å²) in [5.41, 5.74) is 0.0859. The maximum atomic E-state index is 12.4. The average Bonchev–Trinajstić information content (AvgIpc) is 3.38. The summed E-state index contributed by atoms with van der Waals surface area (Å²) >= 11 is 0. The quantitative estimate of drug-likeness (QED) is 0.301. The minimum absolute atomic E-state index is 0.0118. The standard InChI is InChI=1S/C25H33N4O7P/c1-15(2)34-24(31)17(4)27-37(36-19-6-7-21-18(13-19)8-10-28(21)5)33-14-20-12-16(3)23(35-20)29-11-9-22(30)26-25(29)32/h6-11,13,15-17,20,23,27H,12,14H2,1-5H3,(H,26,30,32)/t16?,17-,20?,23?,37?/m0/s1. The topological polar surface area (TPSA) is 126 Å². The Hall–Kier alpha value is -2.98. The number of benzene rings is 1. The van der Waals surface area contributed by atoms with Crippen molar-refractivity contribution in [1.29, 1.82) is 0 Å². The van der Waals surface area contributed by atoms with Gasteiger partial charge in [0.15, 0.2) is 0 Å². The van der Waals surface area contributed by atoms with E-state index in [4.69, 9.17) is 18.5 Å². The molecule has 0 spiro atoms. The zero-order chi connectivity index (χ0) is 26.7. The van der Waals surface area contributed by atoms with Gasteiger partial charge in [-0.3, -0.25) is 19.1 Å². The Morgan fingerprint density at radius 3 is 2.73 bits per heavy atom. The molecule has 0 amide bonds. The molecule has 1 saturated heterocycles. The molecule has 37 heavy (non-hydrogen) atoms. The minimum atomic E-state index is -1.75. The highest BCUT2D eigenvalue weighted by atomic mass is 31.2. The lowest BCUT2D eigenvalue weighted by molar-refractivity contribution is -0.149. The van der Waals surface area contributed by atoms with Gasteiger partial charge in [-0.2, -0.15) is 0 Å². The molecule has 200 valence electrons. The Bertz CT molecular complexity index is 1350. The van der Waals surface area contributed by atoms with Gasteiger partial charge in [-0.15, -0.1) is 0 Å². The third-order valence-corrected chi connectivity index (χ3v) is 7.36. The number of aromatic nitrogens is 3. The van der Waals surface area contributed by atoms with E-state index in [1.165, 1.54) is 16.8 Å². The first kappa shape index (κ1) is 27.1. The number of ether oxygens (including phenoxy) is 2. The predicted octanol–water partition coefficient (Wildman–Crippen LogP) is 3.20. The van der Waals surface area contributed by atoms with Gasteiger partial charge in [-0.05, 0) is 51.5 Å². The summed E-state index contributed by atoms with van der Waals surface area (Å²) in [5.74, 6) is 0.203. The van der Waals surface area contributed by atoms with Crippen molar-refractivity contribution in [3.8, 4) is 5.75 Å². The van der Waals surface area contributed by atoms with Crippen LogP contribution in [0.3, 0.4) is 0 Å². The van der Waals surface area contributed by atoms with E-state index in [2.05, 4.69) is 10.1 Å². The van der Waals surface area contributed by atoms with Gasteiger partial charge in [0.2, 0.25) is 0 Å². The molecular formula is C25H33N4O7P. The fraction of sp³-hybridized carbons (Fsp3) is 0.480. The summed E-state index contributed by atoms with van der Waals surface area (Å²) in [6.07, 6.45) is 2.96. The number of carbonyl (C=O) groups excluding carboxylic acids is 1. The van der Waals surface area contributed by atoms with Gasteiger partial charge in [-0.25, -0.2) is 9.88 Å². The van der Waals surface area contributed by atoms with Gasteiger partial charge in [0.25, 0.3) is 5.56 Å². The molecule has 1 aliphatic heterocycles. The summed E-state index contributed by atoms with van der Waals surface area (Å²) in [7, 11) is 0.226. The first-order chi connectivity index (χ1) is 17.6. The number of nitrogens with one attached hydrogen (secondary N) is 2. The Kier molecular flexibility index (Phi) is 8.49. The van der Waals surface area contributed by atoms with Crippen LogP contribution in [-0.2, 0) is 25.8 Å². The van der Waals surface area contributed by atoms with Gasteiger partial charge < -0.3 is 23.1 Å². The molecule has 2 aromatic heterocycles. The number of esters is 1. The minimum Gasteiger partial charge on any atom is -0.462 e. The molecule has 1 aliphatic rings. The molecule has 4 rings (SSSR count). The second-order valence-electron chi connectivity index (χ2n) is 9.51. The van der Waals surface area contributed by atoms with E-state index in [0.29, 0.717) is 12.2 Å². The molecule has 3 aromatic rings. The highest BCUT2D eigenvalue weighted by Crippen LogP contribution is 2.40. The summed E-state index contributed by atoms with van der Waals surface area (Å²) in [6.45, 7) is 7.42. The van der Waals surface area contributed by atoms with E-state index in [1.807, 2.05) is 49.0 Å². The predicted molar refractivity (Wildman–Crippen MR) is 139 cm³/mol. The molecule has 11 nitrogen and oxygen atoms in total. The maximum Gasteiger partial charge on any atom is 0.330 e. The van der Waals surface area contributed by atoms with E-state index in [-0.39, 0.29) is 24.7 Å². The molecule has 0 saturated carbocycles. The SMILES string of the molecule is CC(C)OC(=O)[C@H](C)NP(OCC1CC(C)C(n2ccc(=O)[nH]c2=O)O1)Oc1ccc2c(ccn2C)c1. The molecule has 3 heterocycles. The Labute approximate surface area is 215 Å². The maximum absolute atomic E-state index is 12.4. The number of hydrogen-bond donors (Lipinski definition) is 2. The van der Waals surface area contributed by atoms with Gasteiger partial charge in [-0.1, -0.05) is 6.92 Å². The van der Waals surface area contributed by atoms with Gasteiger partial charge in [0, 0.05) is 42.3 Å². The summed E-state index contributed by atoms with van der Waals surface area (Å²) in [5, 5.41) is 4.13. The lowest BCUT2D eigenvalue weighted by atomic mass is 10.1. The van der Waals surface area contributed by atoms with Crippen molar-refractivity contribution < 1.29 is 23.3 Å². The normalized spacial score (nSPS) is 21.3. The number of nitrogens with zero attached hydrogens (tertiary/aromatic N) is 2. The third kappa shape index (κ3) is 6.67. The molecule has 0 aliphatic carbocycles. The van der Waals surface area contributed by atoms with Crippen LogP contribution in [0.4, 0.5) is 0 Å². The first-order valence-electron chi connectivity index (χ1n) is 12.2. The highest BCUT2D eigenvalue weighted by Gasteiger charge is 2.35. The van der Waals surface area contributed by atoms with Crippen molar-refractivity contribution >= 4 is 25.4 Å². The highest BCUT2D eigenvalue weighted by molar-refractivity contribution is 7.45. The van der Waals surface area contributed by atoms with Crippen molar-refractivity contribution in [3.63, 3.8) is 0 Å². The third-order valence-electron chi connectivity index (χ3n) is 6.01. The molecule has 1 fully saturated rings. The van der Waals surface area contributed by atoms with Gasteiger partial charge in [0.05, 0.1) is 18.8 Å². The Morgan fingerprint density at radius 2 is 2.00 bits per heavy atom. The van der Waals surface area contributed by atoms with Crippen LogP contribution in [0.5, 0.6) is 5.75 Å². The van der Waals surface area contributed by atoms with Crippen molar-refractivity contribution in [3.05, 3.63) is 63.6 Å². The van der Waals surface area contributed by atoms with Crippen LogP contribution in [0.1, 0.15) is 40.3 Å². The number of carbonyl (C=O) groups is 1. The summed E-state index contributed by atoms with van der Waals surface area (Å²) in [6, 6.07) is 8.35. The zero-order valence-corrected chi connectivity index (χ0v) is 22.4. The number of fused-ring (bicyclic) bond motifs is 1. The lowest BCUT2D eigenvalue weighted by Crippen LogP contribution is -2.35. The smallest absolute Gasteiger partial charge is 0.330 e. The van der Waals surface area contributed by atoms with Crippen LogP contribution in [-0.4, -0.2) is 44.9 Å². The average molecular weight is 533 g/mol. The van der Waals surface area contributed by atoms with E-state index in [0.717, 1.165) is 10.9 Å². The molecule has 2 N–H and O–H groups in total. The van der Waals surface area contributed by atoms with Crippen molar-refractivity contribution in [1.82, 2.24) is 19.2 Å². The summed E-state index contributed by atoms with van der Waals surface area (Å²) < 4.78 is 27.1. The van der Waals surface area contributed by atoms with E-state index >= 15 is 0 Å². The van der Waals surface area contributed by atoms with E-state index < -0.39 is 38.0 Å². The zero-order valence-electron chi connectivity index (χ0n) is 21.5. The molecule has 4 unspecified atom stereocenters.